The van der Waals surface area contributed by atoms with Crippen molar-refractivity contribution in [2.75, 3.05) is 7.11 Å². The summed E-state index contributed by atoms with van der Waals surface area (Å²) in [6.45, 7) is 7.10. The van der Waals surface area contributed by atoms with E-state index in [2.05, 4.69) is 5.32 Å². The first-order chi connectivity index (χ1) is 11.7. The minimum absolute atomic E-state index is 0.0296. The number of esters is 1. The Hall–Kier alpha value is -2.37. The Labute approximate surface area is 147 Å². The number of alkyl carbamates (subject to hydrolysis) is 1. The molecular weight excluding hydrogens is 322 g/mol. The monoisotopic (exact) mass is 347 g/mol. The summed E-state index contributed by atoms with van der Waals surface area (Å²) < 4.78 is 10.0. The Morgan fingerprint density at radius 1 is 1.12 bits per heavy atom. The number of ketones is 1. The van der Waals surface area contributed by atoms with Crippen molar-refractivity contribution >= 4 is 17.8 Å². The summed E-state index contributed by atoms with van der Waals surface area (Å²) in [6.07, 6.45) is -0.701. The van der Waals surface area contributed by atoms with Crippen LogP contribution < -0.4 is 5.32 Å². The zero-order valence-electron chi connectivity index (χ0n) is 15.2. The Balaban J connectivity index is 2.12. The van der Waals surface area contributed by atoms with Crippen LogP contribution >= 0.6 is 0 Å². The van der Waals surface area contributed by atoms with Gasteiger partial charge in [-0.05, 0) is 26.7 Å². The van der Waals surface area contributed by atoms with Crippen molar-refractivity contribution in [1.29, 1.82) is 0 Å². The van der Waals surface area contributed by atoms with Crippen LogP contribution in [0, 0.1) is 17.8 Å². The predicted molar refractivity (Wildman–Crippen MR) is 92.1 cm³/mol. The third-order valence-electron chi connectivity index (χ3n) is 4.32. The predicted octanol–water partition coefficient (Wildman–Crippen LogP) is 2.82. The number of rotatable bonds is 5. The standard InChI is InChI=1S/C19H25NO5/c1-11-13(14(11)16(21)12-9-7-6-8-10-12)15(17(22)24-5)20-18(23)25-19(2,3)4/h6-11,13-15H,1-5H3,(H,20,23)/t11-,13+,14+,15+/m0/s1. The highest BCUT2D eigenvalue weighted by molar-refractivity contribution is 6.00. The summed E-state index contributed by atoms with van der Waals surface area (Å²) in [6, 6.07) is 8.02. The first-order valence-corrected chi connectivity index (χ1v) is 8.32. The number of amides is 1. The molecule has 0 bridgehead atoms. The normalized spacial score (nSPS) is 23.3. The lowest BCUT2D eigenvalue weighted by Crippen LogP contribution is -2.46. The largest absolute Gasteiger partial charge is 0.467 e. The molecule has 136 valence electrons. The highest BCUT2D eigenvalue weighted by atomic mass is 16.6. The number of benzene rings is 1. The number of ether oxygens (including phenoxy) is 2. The van der Waals surface area contributed by atoms with Crippen LogP contribution in [0.1, 0.15) is 38.1 Å². The second-order valence-corrected chi connectivity index (χ2v) is 7.34. The van der Waals surface area contributed by atoms with Crippen molar-refractivity contribution in [2.24, 2.45) is 17.8 Å². The number of hydrogen-bond donors (Lipinski definition) is 1. The number of methoxy groups -OCH3 is 1. The molecule has 1 fully saturated rings. The van der Waals surface area contributed by atoms with Crippen LogP contribution in [0.3, 0.4) is 0 Å². The van der Waals surface area contributed by atoms with Crippen molar-refractivity contribution in [3.8, 4) is 0 Å². The molecule has 0 saturated heterocycles. The summed E-state index contributed by atoms with van der Waals surface area (Å²) in [5, 5.41) is 2.57. The van der Waals surface area contributed by atoms with Gasteiger partial charge in [0.1, 0.15) is 11.6 Å². The highest BCUT2D eigenvalue weighted by Gasteiger charge is 2.58. The molecule has 1 N–H and O–H groups in total. The Morgan fingerprint density at radius 2 is 1.72 bits per heavy atom. The average molecular weight is 347 g/mol. The molecule has 0 aromatic heterocycles. The van der Waals surface area contributed by atoms with Crippen molar-refractivity contribution in [1.82, 2.24) is 5.32 Å². The van der Waals surface area contributed by atoms with Crippen LogP contribution in [0.4, 0.5) is 4.79 Å². The summed E-state index contributed by atoms with van der Waals surface area (Å²) in [5.74, 6) is -1.29. The molecule has 4 atom stereocenters. The van der Waals surface area contributed by atoms with E-state index in [1.54, 1.807) is 45.0 Å². The fourth-order valence-electron chi connectivity index (χ4n) is 3.09. The second kappa shape index (κ2) is 7.25. The minimum Gasteiger partial charge on any atom is -0.467 e. The van der Waals surface area contributed by atoms with Gasteiger partial charge in [-0.1, -0.05) is 37.3 Å². The number of hydrogen-bond acceptors (Lipinski definition) is 5. The number of carbonyl (C=O) groups is 3. The van der Waals surface area contributed by atoms with Gasteiger partial charge >= 0.3 is 12.1 Å². The lowest BCUT2D eigenvalue weighted by atomic mass is 10.0. The molecule has 6 nitrogen and oxygen atoms in total. The van der Waals surface area contributed by atoms with Gasteiger partial charge in [-0.15, -0.1) is 0 Å². The second-order valence-electron chi connectivity index (χ2n) is 7.34. The molecule has 0 radical (unpaired) electrons. The first kappa shape index (κ1) is 19.0. The van der Waals surface area contributed by atoms with Gasteiger partial charge in [0, 0.05) is 17.4 Å². The van der Waals surface area contributed by atoms with E-state index in [1.165, 1.54) is 7.11 Å². The van der Waals surface area contributed by atoms with Gasteiger partial charge in [0.25, 0.3) is 0 Å². The van der Waals surface area contributed by atoms with Crippen LogP contribution in [0.25, 0.3) is 0 Å². The molecule has 2 rings (SSSR count). The summed E-state index contributed by atoms with van der Waals surface area (Å²) >= 11 is 0. The van der Waals surface area contributed by atoms with Gasteiger partial charge < -0.3 is 14.8 Å². The van der Waals surface area contributed by atoms with Crippen molar-refractivity contribution < 1.29 is 23.9 Å². The Bertz CT molecular complexity index is 650. The lowest BCUT2D eigenvalue weighted by molar-refractivity contribution is -0.143. The summed E-state index contributed by atoms with van der Waals surface area (Å²) in [5.41, 5.74) is -0.0816. The van der Waals surface area contributed by atoms with E-state index in [0.717, 1.165) is 0 Å². The van der Waals surface area contributed by atoms with Gasteiger partial charge in [0.15, 0.2) is 5.78 Å². The maximum Gasteiger partial charge on any atom is 0.408 e. The zero-order chi connectivity index (χ0) is 18.8. The third-order valence-corrected chi connectivity index (χ3v) is 4.32. The Morgan fingerprint density at radius 3 is 2.24 bits per heavy atom. The van der Waals surface area contributed by atoms with Crippen molar-refractivity contribution in [3.05, 3.63) is 35.9 Å². The molecule has 0 unspecified atom stereocenters. The molecule has 0 heterocycles. The van der Waals surface area contributed by atoms with Crippen LogP contribution in [0.15, 0.2) is 30.3 Å². The molecule has 6 heteroatoms. The molecule has 1 saturated carbocycles. The highest BCUT2D eigenvalue weighted by Crippen LogP contribution is 2.50. The van der Waals surface area contributed by atoms with E-state index in [4.69, 9.17) is 9.47 Å². The van der Waals surface area contributed by atoms with E-state index in [9.17, 15) is 14.4 Å². The van der Waals surface area contributed by atoms with Crippen LogP contribution in [0.5, 0.6) is 0 Å². The molecule has 0 aliphatic heterocycles. The molecule has 1 aromatic carbocycles. The van der Waals surface area contributed by atoms with E-state index >= 15 is 0 Å². The number of Topliss-reactive ketones (excluding diaryl/α,β-unsaturated/α-hetero) is 1. The van der Waals surface area contributed by atoms with Crippen LogP contribution in [-0.4, -0.2) is 36.6 Å². The van der Waals surface area contributed by atoms with Gasteiger partial charge in [0.2, 0.25) is 0 Å². The fourth-order valence-corrected chi connectivity index (χ4v) is 3.09. The van der Waals surface area contributed by atoms with E-state index in [-0.39, 0.29) is 23.5 Å². The van der Waals surface area contributed by atoms with Gasteiger partial charge in [-0.25, -0.2) is 9.59 Å². The van der Waals surface area contributed by atoms with Gasteiger partial charge in [-0.3, -0.25) is 4.79 Å². The van der Waals surface area contributed by atoms with E-state index in [1.807, 2.05) is 13.0 Å². The number of nitrogens with one attached hydrogen (secondary N) is 1. The van der Waals surface area contributed by atoms with E-state index in [0.29, 0.717) is 5.56 Å². The molecule has 0 spiro atoms. The lowest BCUT2D eigenvalue weighted by Gasteiger charge is -2.22. The third kappa shape index (κ3) is 4.59. The molecular formula is C19H25NO5. The topological polar surface area (TPSA) is 81.7 Å². The first-order valence-electron chi connectivity index (χ1n) is 8.32. The number of carbonyl (C=O) groups excluding carboxylic acids is 3. The van der Waals surface area contributed by atoms with E-state index < -0.39 is 23.7 Å². The van der Waals surface area contributed by atoms with Gasteiger partial charge in [0.05, 0.1) is 7.11 Å². The SMILES string of the molecule is COC(=O)[C@H](NC(=O)OC(C)(C)C)[C@@H]1[C@H](C)[C@H]1C(=O)c1ccccc1. The molecule has 25 heavy (non-hydrogen) atoms. The molecule has 1 aromatic rings. The van der Waals surface area contributed by atoms with Crippen LogP contribution in [-0.2, 0) is 14.3 Å². The molecule has 1 aliphatic carbocycles. The van der Waals surface area contributed by atoms with Crippen LogP contribution in [0.2, 0.25) is 0 Å². The maximum atomic E-state index is 12.7. The summed E-state index contributed by atoms with van der Waals surface area (Å²) in [7, 11) is 1.26. The quantitative estimate of drug-likeness (QED) is 0.654. The average Bonchev–Trinajstić information content (AvgIpc) is 3.21. The molecule has 1 aliphatic rings. The Kier molecular flexibility index (Phi) is 5.50. The molecule has 1 amide bonds. The smallest absolute Gasteiger partial charge is 0.408 e. The van der Waals surface area contributed by atoms with Crippen molar-refractivity contribution in [2.45, 2.75) is 39.3 Å². The zero-order valence-corrected chi connectivity index (χ0v) is 15.2. The fraction of sp³-hybridized carbons (Fsp3) is 0.526. The van der Waals surface area contributed by atoms with Gasteiger partial charge in [-0.2, -0.15) is 0 Å². The maximum absolute atomic E-state index is 12.7. The minimum atomic E-state index is -0.910. The summed E-state index contributed by atoms with van der Waals surface area (Å²) in [4.78, 5) is 36.9. The van der Waals surface area contributed by atoms with Crippen molar-refractivity contribution in [3.63, 3.8) is 0 Å².